The highest BCUT2D eigenvalue weighted by atomic mass is 16.6. The number of unbranched alkanes of at least 4 members (excludes halogenated alkanes) is 12. The lowest BCUT2D eigenvalue weighted by Gasteiger charge is -2.03. The number of nitrogens with two attached hydrogens (primary N) is 1. The summed E-state index contributed by atoms with van der Waals surface area (Å²) in [6.45, 7) is 0.687. The lowest BCUT2D eigenvalue weighted by molar-refractivity contribution is -0.137. The quantitative estimate of drug-likeness (QED) is 0.325. The normalized spacial score (nSPS) is 10.8. The largest absolute Gasteiger partial charge is 0.481 e. The standard InChI is InChI=1S/C16H33NO3/c17-20-15-13-11-9-7-5-3-1-2-4-6-8-10-12-14-16(18)19/h1-15,17H2,(H,18,19). The molecular weight excluding hydrogens is 254 g/mol. The summed E-state index contributed by atoms with van der Waals surface area (Å²) in [5.41, 5.74) is 0. The van der Waals surface area contributed by atoms with Crippen LogP contribution >= 0.6 is 0 Å². The van der Waals surface area contributed by atoms with Crippen molar-refractivity contribution < 1.29 is 14.7 Å². The molecule has 0 rings (SSSR count). The lowest BCUT2D eigenvalue weighted by Crippen LogP contribution is -2.00. The third-order valence-electron chi connectivity index (χ3n) is 3.65. The van der Waals surface area contributed by atoms with Crippen molar-refractivity contribution in [3.05, 3.63) is 0 Å². The molecule has 0 aliphatic heterocycles. The van der Waals surface area contributed by atoms with Crippen LogP contribution in [0.4, 0.5) is 0 Å². The van der Waals surface area contributed by atoms with Gasteiger partial charge in [0.05, 0.1) is 6.61 Å². The van der Waals surface area contributed by atoms with E-state index in [0.29, 0.717) is 13.0 Å². The summed E-state index contributed by atoms with van der Waals surface area (Å²) >= 11 is 0. The van der Waals surface area contributed by atoms with E-state index < -0.39 is 5.97 Å². The Hall–Kier alpha value is -0.610. The predicted molar refractivity (Wildman–Crippen MR) is 82.4 cm³/mol. The third kappa shape index (κ3) is 17.4. The maximum Gasteiger partial charge on any atom is 0.303 e. The minimum atomic E-state index is -0.666. The van der Waals surface area contributed by atoms with Crippen molar-refractivity contribution in [1.82, 2.24) is 0 Å². The van der Waals surface area contributed by atoms with Crippen LogP contribution in [0.1, 0.15) is 89.9 Å². The SMILES string of the molecule is NOCCCCCCCCCCCCCCCC(=O)O. The fraction of sp³-hybridized carbons (Fsp3) is 0.938. The highest BCUT2D eigenvalue weighted by Crippen LogP contribution is 2.12. The molecule has 0 saturated heterocycles. The Labute approximate surface area is 124 Å². The topological polar surface area (TPSA) is 72.5 Å². The van der Waals surface area contributed by atoms with Gasteiger partial charge in [-0.3, -0.25) is 4.79 Å². The first kappa shape index (κ1) is 19.4. The first-order chi connectivity index (χ1) is 9.77. The summed E-state index contributed by atoms with van der Waals surface area (Å²) in [6, 6.07) is 0. The number of carboxylic acids is 1. The Morgan fingerprint density at radius 3 is 1.40 bits per heavy atom. The molecule has 20 heavy (non-hydrogen) atoms. The highest BCUT2D eigenvalue weighted by Gasteiger charge is 1.97. The monoisotopic (exact) mass is 287 g/mol. The van der Waals surface area contributed by atoms with E-state index >= 15 is 0 Å². The third-order valence-corrected chi connectivity index (χ3v) is 3.65. The zero-order valence-electron chi connectivity index (χ0n) is 12.9. The molecule has 4 nitrogen and oxygen atoms in total. The van der Waals surface area contributed by atoms with Crippen molar-refractivity contribution in [3.8, 4) is 0 Å². The van der Waals surface area contributed by atoms with Gasteiger partial charge < -0.3 is 9.94 Å². The van der Waals surface area contributed by atoms with E-state index in [4.69, 9.17) is 11.0 Å². The number of hydrogen-bond acceptors (Lipinski definition) is 3. The molecule has 3 N–H and O–H groups in total. The van der Waals surface area contributed by atoms with Crippen LogP contribution < -0.4 is 5.90 Å². The fourth-order valence-corrected chi connectivity index (χ4v) is 2.41. The van der Waals surface area contributed by atoms with Crippen LogP contribution in [0.25, 0.3) is 0 Å². The van der Waals surface area contributed by atoms with Gasteiger partial charge in [-0.15, -0.1) is 0 Å². The van der Waals surface area contributed by atoms with Crippen molar-refractivity contribution in [1.29, 1.82) is 0 Å². The van der Waals surface area contributed by atoms with Crippen molar-refractivity contribution >= 4 is 5.97 Å². The van der Waals surface area contributed by atoms with Crippen LogP contribution in [0.2, 0.25) is 0 Å². The van der Waals surface area contributed by atoms with Gasteiger partial charge >= 0.3 is 5.97 Å². The number of carbonyl (C=O) groups is 1. The summed E-state index contributed by atoms with van der Waals surface area (Å²) in [6.07, 6.45) is 16.3. The van der Waals surface area contributed by atoms with Crippen LogP contribution in [0.5, 0.6) is 0 Å². The number of rotatable bonds is 16. The van der Waals surface area contributed by atoms with Crippen molar-refractivity contribution in [3.63, 3.8) is 0 Å². The molecule has 0 amide bonds. The van der Waals surface area contributed by atoms with Crippen LogP contribution in [0, 0.1) is 0 Å². The van der Waals surface area contributed by atoms with Gasteiger partial charge in [-0.2, -0.15) is 0 Å². The molecule has 0 heterocycles. The summed E-state index contributed by atoms with van der Waals surface area (Å²) in [4.78, 5) is 14.9. The van der Waals surface area contributed by atoms with Gasteiger partial charge in [0.2, 0.25) is 0 Å². The Morgan fingerprint density at radius 1 is 0.700 bits per heavy atom. The van der Waals surface area contributed by atoms with E-state index in [2.05, 4.69) is 4.84 Å². The number of carboxylic acid groups (broad SMARTS) is 1. The second-order valence-corrected chi connectivity index (χ2v) is 5.61. The molecule has 0 saturated carbocycles. The zero-order valence-corrected chi connectivity index (χ0v) is 12.9. The van der Waals surface area contributed by atoms with E-state index in [9.17, 15) is 4.79 Å². The maximum atomic E-state index is 10.3. The van der Waals surface area contributed by atoms with Crippen molar-refractivity contribution in [2.45, 2.75) is 89.9 Å². The van der Waals surface area contributed by atoms with Gasteiger partial charge in [-0.05, 0) is 12.8 Å². The smallest absolute Gasteiger partial charge is 0.303 e. The van der Waals surface area contributed by atoms with E-state index in [1.807, 2.05) is 0 Å². The average Bonchev–Trinajstić information content (AvgIpc) is 2.43. The summed E-state index contributed by atoms with van der Waals surface area (Å²) in [5, 5.41) is 8.51. The Morgan fingerprint density at radius 2 is 1.05 bits per heavy atom. The molecule has 0 aliphatic rings. The first-order valence-electron chi connectivity index (χ1n) is 8.31. The highest BCUT2D eigenvalue weighted by molar-refractivity contribution is 5.66. The van der Waals surface area contributed by atoms with Crippen LogP contribution in [0.15, 0.2) is 0 Å². The van der Waals surface area contributed by atoms with E-state index in [0.717, 1.165) is 19.3 Å². The van der Waals surface area contributed by atoms with Gasteiger partial charge in [0, 0.05) is 6.42 Å². The predicted octanol–water partition coefficient (Wildman–Crippen LogP) is 4.42. The van der Waals surface area contributed by atoms with Gasteiger partial charge in [0.1, 0.15) is 0 Å². The minimum absolute atomic E-state index is 0.331. The number of hydrogen-bond donors (Lipinski definition) is 2. The molecule has 0 radical (unpaired) electrons. The van der Waals surface area contributed by atoms with E-state index in [1.165, 1.54) is 64.2 Å². The summed E-state index contributed by atoms with van der Waals surface area (Å²) < 4.78 is 0. The first-order valence-corrected chi connectivity index (χ1v) is 8.31. The van der Waals surface area contributed by atoms with Crippen LogP contribution in [0.3, 0.4) is 0 Å². The Bertz CT molecular complexity index is 210. The molecular formula is C16H33NO3. The second-order valence-electron chi connectivity index (χ2n) is 5.61. The molecule has 0 fully saturated rings. The van der Waals surface area contributed by atoms with E-state index in [1.54, 1.807) is 0 Å². The van der Waals surface area contributed by atoms with Gasteiger partial charge in [-0.1, -0.05) is 70.6 Å². The van der Waals surface area contributed by atoms with Gasteiger partial charge in [-0.25, -0.2) is 5.90 Å². The van der Waals surface area contributed by atoms with Crippen LogP contribution in [-0.2, 0) is 9.63 Å². The molecule has 120 valence electrons. The Kier molecular flexibility index (Phi) is 15.9. The molecule has 0 aliphatic carbocycles. The lowest BCUT2D eigenvalue weighted by atomic mass is 10.0. The molecule has 0 aromatic carbocycles. The molecule has 0 bridgehead atoms. The molecule has 0 unspecified atom stereocenters. The molecule has 4 heteroatoms. The molecule has 0 aromatic rings. The van der Waals surface area contributed by atoms with Crippen LogP contribution in [-0.4, -0.2) is 17.7 Å². The van der Waals surface area contributed by atoms with Crippen molar-refractivity contribution in [2.24, 2.45) is 5.90 Å². The Balaban J connectivity index is 2.94. The summed E-state index contributed by atoms with van der Waals surface area (Å²) in [7, 11) is 0. The maximum absolute atomic E-state index is 10.3. The van der Waals surface area contributed by atoms with E-state index in [-0.39, 0.29) is 0 Å². The average molecular weight is 287 g/mol. The molecule has 0 spiro atoms. The fourth-order valence-electron chi connectivity index (χ4n) is 2.41. The summed E-state index contributed by atoms with van der Waals surface area (Å²) in [5.74, 6) is 4.30. The molecule has 0 aromatic heterocycles. The molecule has 0 atom stereocenters. The minimum Gasteiger partial charge on any atom is -0.481 e. The number of aliphatic carboxylic acids is 1. The zero-order chi connectivity index (χ0) is 14.9. The van der Waals surface area contributed by atoms with Gasteiger partial charge in [0.15, 0.2) is 0 Å². The second kappa shape index (κ2) is 16.4. The van der Waals surface area contributed by atoms with Crippen molar-refractivity contribution in [2.75, 3.05) is 6.61 Å². The van der Waals surface area contributed by atoms with Gasteiger partial charge in [0.25, 0.3) is 0 Å².